The number of imide groups is 1. The highest BCUT2D eigenvalue weighted by Gasteiger charge is 2.40. The largest absolute Gasteiger partial charge is 0.486 e. The lowest BCUT2D eigenvalue weighted by Crippen LogP contribution is -2.32. The first-order chi connectivity index (χ1) is 15.5. The zero-order valence-corrected chi connectivity index (χ0v) is 17.8. The van der Waals surface area contributed by atoms with Crippen LogP contribution in [0, 0.1) is 13.8 Å². The molecular weight excluding hydrogens is 404 g/mol. The standard InChI is InChI=1S/C26H22N2O4/c1-16-7-6-10-20(17(16)2)27-24-23(18-8-4-3-5-9-18)25(29)28(26(24)30)19-11-12-21-22(15-19)32-14-13-31-21/h3-12,15,27H,13-14H2,1-2H3. The van der Waals surface area contributed by atoms with Crippen LogP contribution in [0.2, 0.25) is 0 Å². The van der Waals surface area contributed by atoms with Gasteiger partial charge in [0.25, 0.3) is 11.8 Å². The fourth-order valence-electron chi connectivity index (χ4n) is 3.95. The molecular formula is C26H22N2O4. The van der Waals surface area contributed by atoms with Crippen molar-refractivity contribution in [3.05, 3.63) is 89.1 Å². The minimum atomic E-state index is -0.411. The number of rotatable bonds is 4. The fraction of sp³-hybridized carbons (Fsp3) is 0.154. The monoisotopic (exact) mass is 426 g/mol. The van der Waals surface area contributed by atoms with Crippen LogP contribution >= 0.6 is 0 Å². The second kappa shape index (κ2) is 7.89. The maximum Gasteiger partial charge on any atom is 0.282 e. The first-order valence-electron chi connectivity index (χ1n) is 10.5. The summed E-state index contributed by atoms with van der Waals surface area (Å²) >= 11 is 0. The molecule has 2 amide bonds. The van der Waals surface area contributed by atoms with Crippen LogP contribution in [-0.2, 0) is 9.59 Å². The van der Waals surface area contributed by atoms with Crippen molar-refractivity contribution in [1.82, 2.24) is 0 Å². The van der Waals surface area contributed by atoms with Gasteiger partial charge in [0.1, 0.15) is 18.9 Å². The van der Waals surface area contributed by atoms with Crippen molar-refractivity contribution in [2.45, 2.75) is 13.8 Å². The lowest BCUT2D eigenvalue weighted by molar-refractivity contribution is -0.120. The highest BCUT2D eigenvalue weighted by molar-refractivity contribution is 6.46. The summed E-state index contributed by atoms with van der Waals surface area (Å²) in [6.45, 7) is 4.89. The molecule has 0 saturated carbocycles. The van der Waals surface area contributed by atoms with E-state index in [4.69, 9.17) is 9.47 Å². The summed E-state index contributed by atoms with van der Waals surface area (Å²) in [6.07, 6.45) is 0. The smallest absolute Gasteiger partial charge is 0.282 e. The van der Waals surface area contributed by atoms with Gasteiger partial charge in [-0.15, -0.1) is 0 Å². The summed E-state index contributed by atoms with van der Waals surface area (Å²) in [4.78, 5) is 28.3. The average Bonchev–Trinajstić information content (AvgIpc) is 3.06. The van der Waals surface area contributed by atoms with E-state index in [9.17, 15) is 9.59 Å². The number of benzene rings is 3. The van der Waals surface area contributed by atoms with Gasteiger partial charge >= 0.3 is 0 Å². The molecule has 6 heteroatoms. The SMILES string of the molecule is Cc1cccc(NC2=C(c3ccccc3)C(=O)N(c3ccc4c(c3)OCCO4)C2=O)c1C. The number of anilines is 2. The molecule has 2 heterocycles. The highest BCUT2D eigenvalue weighted by Crippen LogP contribution is 2.39. The van der Waals surface area contributed by atoms with Crippen molar-refractivity contribution >= 4 is 28.8 Å². The molecule has 5 rings (SSSR count). The van der Waals surface area contributed by atoms with Crippen LogP contribution in [0.15, 0.2) is 72.4 Å². The molecule has 3 aromatic rings. The molecule has 0 spiro atoms. The van der Waals surface area contributed by atoms with E-state index >= 15 is 0 Å². The van der Waals surface area contributed by atoms with Crippen LogP contribution in [0.5, 0.6) is 11.5 Å². The molecule has 0 radical (unpaired) electrons. The number of amides is 2. The molecule has 0 aliphatic carbocycles. The summed E-state index contributed by atoms with van der Waals surface area (Å²) < 4.78 is 11.2. The van der Waals surface area contributed by atoms with E-state index in [1.807, 2.05) is 62.4 Å². The van der Waals surface area contributed by atoms with Gasteiger partial charge in [-0.2, -0.15) is 0 Å². The molecule has 32 heavy (non-hydrogen) atoms. The Balaban J connectivity index is 1.60. The second-order valence-corrected chi connectivity index (χ2v) is 7.76. The number of carbonyl (C=O) groups excluding carboxylic acids is 2. The topological polar surface area (TPSA) is 67.9 Å². The van der Waals surface area contributed by atoms with Crippen LogP contribution < -0.4 is 19.7 Å². The summed E-state index contributed by atoms with van der Waals surface area (Å²) in [7, 11) is 0. The lowest BCUT2D eigenvalue weighted by Gasteiger charge is -2.21. The number of nitrogens with zero attached hydrogens (tertiary/aromatic N) is 1. The predicted molar refractivity (Wildman–Crippen MR) is 123 cm³/mol. The Kier molecular flexibility index (Phi) is 4.90. The van der Waals surface area contributed by atoms with E-state index in [1.165, 1.54) is 4.90 Å². The quantitative estimate of drug-likeness (QED) is 0.624. The summed E-state index contributed by atoms with van der Waals surface area (Å²) in [6, 6.07) is 20.2. The Hall–Kier alpha value is -4.06. The van der Waals surface area contributed by atoms with E-state index in [0.29, 0.717) is 41.5 Å². The third-order valence-electron chi connectivity index (χ3n) is 5.79. The van der Waals surface area contributed by atoms with E-state index in [-0.39, 0.29) is 11.6 Å². The van der Waals surface area contributed by atoms with Crippen molar-refractivity contribution < 1.29 is 19.1 Å². The first kappa shape index (κ1) is 19.9. The van der Waals surface area contributed by atoms with Gasteiger partial charge in [-0.05, 0) is 48.7 Å². The van der Waals surface area contributed by atoms with Crippen LogP contribution in [0.3, 0.4) is 0 Å². The van der Waals surface area contributed by atoms with Crippen LogP contribution in [0.25, 0.3) is 5.57 Å². The minimum absolute atomic E-state index is 0.254. The van der Waals surface area contributed by atoms with Crippen molar-refractivity contribution in [3.63, 3.8) is 0 Å². The molecule has 0 bridgehead atoms. The van der Waals surface area contributed by atoms with Crippen LogP contribution in [0.4, 0.5) is 11.4 Å². The zero-order valence-electron chi connectivity index (χ0n) is 17.8. The van der Waals surface area contributed by atoms with Crippen molar-refractivity contribution in [1.29, 1.82) is 0 Å². The Morgan fingerprint density at radius 3 is 2.34 bits per heavy atom. The molecule has 3 aromatic carbocycles. The number of ether oxygens (including phenoxy) is 2. The van der Waals surface area contributed by atoms with Gasteiger partial charge in [0.2, 0.25) is 0 Å². The molecule has 2 aliphatic rings. The summed E-state index contributed by atoms with van der Waals surface area (Å²) in [5.41, 5.74) is 4.62. The predicted octanol–water partition coefficient (Wildman–Crippen LogP) is 4.47. The van der Waals surface area contributed by atoms with Gasteiger partial charge in [-0.25, -0.2) is 4.90 Å². The molecule has 0 aromatic heterocycles. The third-order valence-corrected chi connectivity index (χ3v) is 5.79. The average molecular weight is 426 g/mol. The molecule has 0 unspecified atom stereocenters. The molecule has 0 saturated heterocycles. The van der Waals surface area contributed by atoms with Gasteiger partial charge in [0.15, 0.2) is 11.5 Å². The lowest BCUT2D eigenvalue weighted by atomic mass is 10.0. The molecule has 2 aliphatic heterocycles. The third kappa shape index (κ3) is 3.30. The number of nitrogens with one attached hydrogen (secondary N) is 1. The summed E-state index contributed by atoms with van der Waals surface area (Å²) in [5.74, 6) is 0.327. The van der Waals surface area contributed by atoms with Gasteiger partial charge in [-0.1, -0.05) is 42.5 Å². The first-order valence-corrected chi connectivity index (χ1v) is 10.5. The fourth-order valence-corrected chi connectivity index (χ4v) is 3.95. The van der Waals surface area contributed by atoms with E-state index in [1.54, 1.807) is 18.2 Å². The number of carbonyl (C=O) groups is 2. The van der Waals surface area contributed by atoms with Gasteiger partial charge < -0.3 is 14.8 Å². The van der Waals surface area contributed by atoms with Crippen LogP contribution in [0.1, 0.15) is 16.7 Å². The van der Waals surface area contributed by atoms with Crippen LogP contribution in [-0.4, -0.2) is 25.0 Å². The zero-order chi connectivity index (χ0) is 22.2. The number of aryl methyl sites for hydroxylation is 1. The number of hydrogen-bond acceptors (Lipinski definition) is 5. The number of hydrogen-bond donors (Lipinski definition) is 1. The molecule has 0 fully saturated rings. The van der Waals surface area contributed by atoms with Gasteiger partial charge in [0, 0.05) is 11.8 Å². The molecule has 6 nitrogen and oxygen atoms in total. The van der Waals surface area contributed by atoms with E-state index in [0.717, 1.165) is 16.8 Å². The summed E-state index contributed by atoms with van der Waals surface area (Å²) in [5, 5.41) is 3.25. The van der Waals surface area contributed by atoms with Crippen molar-refractivity contribution in [2.75, 3.05) is 23.4 Å². The van der Waals surface area contributed by atoms with Gasteiger partial charge in [0.05, 0.1) is 11.3 Å². The van der Waals surface area contributed by atoms with Crippen molar-refractivity contribution in [3.8, 4) is 11.5 Å². The normalized spacial score (nSPS) is 15.4. The maximum atomic E-state index is 13.6. The Labute approximate surface area is 186 Å². The second-order valence-electron chi connectivity index (χ2n) is 7.76. The van der Waals surface area contributed by atoms with Gasteiger partial charge in [-0.3, -0.25) is 9.59 Å². The highest BCUT2D eigenvalue weighted by atomic mass is 16.6. The Morgan fingerprint density at radius 2 is 1.56 bits per heavy atom. The maximum absolute atomic E-state index is 13.6. The van der Waals surface area contributed by atoms with Crippen molar-refractivity contribution in [2.24, 2.45) is 0 Å². The molecule has 1 N–H and O–H groups in total. The Bertz CT molecular complexity index is 1260. The van der Waals surface area contributed by atoms with E-state index < -0.39 is 5.91 Å². The Morgan fingerprint density at radius 1 is 0.812 bits per heavy atom. The number of fused-ring (bicyclic) bond motifs is 1. The minimum Gasteiger partial charge on any atom is -0.486 e. The molecule has 160 valence electrons. The van der Waals surface area contributed by atoms with E-state index in [2.05, 4.69) is 5.32 Å². The molecule has 0 atom stereocenters.